The maximum Gasteiger partial charge on any atom is 0.354 e. The van der Waals surface area contributed by atoms with Crippen molar-refractivity contribution in [2.75, 3.05) is 13.2 Å². The first-order chi connectivity index (χ1) is 14.0. The van der Waals surface area contributed by atoms with E-state index < -0.39 is 19.9 Å². The van der Waals surface area contributed by atoms with Crippen molar-refractivity contribution in [3.63, 3.8) is 0 Å². The summed E-state index contributed by atoms with van der Waals surface area (Å²) < 4.78 is 28.4. The third-order valence-electron chi connectivity index (χ3n) is 4.87. The summed E-state index contributed by atoms with van der Waals surface area (Å²) in [6.07, 6.45) is 12.6. The van der Waals surface area contributed by atoms with Crippen LogP contribution in [0.4, 0.5) is 0 Å². The summed E-state index contributed by atoms with van der Waals surface area (Å²) in [5.41, 5.74) is 0.957. The summed E-state index contributed by atoms with van der Waals surface area (Å²) in [7, 11) is -3.43. The van der Waals surface area contributed by atoms with Crippen molar-refractivity contribution < 1.29 is 28.3 Å². The van der Waals surface area contributed by atoms with E-state index in [-0.39, 0.29) is 13.2 Å². The maximum atomic E-state index is 12.9. The molecule has 0 aromatic heterocycles. The fraction of sp³-hybridized carbons (Fsp3) is 0.773. The molecule has 0 aromatic carbocycles. The first kappa shape index (κ1) is 26.1. The van der Waals surface area contributed by atoms with E-state index in [1.165, 1.54) is 56.8 Å². The van der Waals surface area contributed by atoms with Crippen LogP contribution in [0.1, 0.15) is 91.4 Å². The molecule has 0 fully saturated rings. The minimum Gasteiger partial charge on any atom is -0.428 e. The Morgan fingerprint density at radius 3 is 1.97 bits per heavy atom. The van der Waals surface area contributed by atoms with E-state index in [0.29, 0.717) is 17.6 Å². The van der Waals surface area contributed by atoms with E-state index in [1.54, 1.807) is 13.8 Å². The minimum absolute atomic E-state index is 0.246. The molecule has 0 amide bonds. The SMILES string of the molecule is CCCCCCCCCCCC/C(=C\P(=O)(OCC)OCC)C1=CC(=O)OC1O. The number of hydrogen-bond donors (Lipinski definition) is 1. The number of ether oxygens (including phenoxy) is 1. The van der Waals surface area contributed by atoms with Gasteiger partial charge in [-0.1, -0.05) is 64.7 Å². The molecule has 7 heteroatoms. The lowest BCUT2D eigenvalue weighted by molar-refractivity contribution is -0.150. The highest BCUT2D eigenvalue weighted by Gasteiger charge is 2.30. The number of carbonyl (C=O) groups is 1. The van der Waals surface area contributed by atoms with Crippen molar-refractivity contribution in [2.24, 2.45) is 0 Å². The Bertz CT molecular complexity index is 574. The molecule has 1 aliphatic rings. The van der Waals surface area contributed by atoms with Gasteiger partial charge in [-0.2, -0.15) is 0 Å². The van der Waals surface area contributed by atoms with Gasteiger partial charge in [0.05, 0.1) is 13.2 Å². The summed E-state index contributed by atoms with van der Waals surface area (Å²) in [5, 5.41) is 10.0. The Kier molecular flexibility index (Phi) is 13.5. The van der Waals surface area contributed by atoms with E-state index in [2.05, 4.69) is 6.92 Å². The third kappa shape index (κ3) is 10.6. The first-order valence-corrected chi connectivity index (χ1v) is 12.8. The Labute approximate surface area is 176 Å². The summed E-state index contributed by atoms with van der Waals surface area (Å²) in [6.45, 7) is 6.22. The van der Waals surface area contributed by atoms with E-state index in [9.17, 15) is 14.5 Å². The lowest BCUT2D eigenvalue weighted by Gasteiger charge is -2.17. The second-order valence-electron chi connectivity index (χ2n) is 7.35. The van der Waals surface area contributed by atoms with Crippen molar-refractivity contribution >= 4 is 13.6 Å². The highest BCUT2D eigenvalue weighted by atomic mass is 31.2. The van der Waals surface area contributed by atoms with Crippen molar-refractivity contribution in [2.45, 2.75) is 97.7 Å². The van der Waals surface area contributed by atoms with Crippen LogP contribution in [0.5, 0.6) is 0 Å². The van der Waals surface area contributed by atoms with Crippen molar-refractivity contribution in [1.29, 1.82) is 0 Å². The number of esters is 1. The number of hydrogen-bond acceptors (Lipinski definition) is 6. The lowest BCUT2D eigenvalue weighted by atomic mass is 10.00. The van der Waals surface area contributed by atoms with E-state index in [1.807, 2.05) is 0 Å². The van der Waals surface area contributed by atoms with Crippen LogP contribution in [-0.4, -0.2) is 30.6 Å². The largest absolute Gasteiger partial charge is 0.428 e. The summed E-state index contributed by atoms with van der Waals surface area (Å²) in [6, 6.07) is 0. The standard InChI is InChI=1S/C22H39O6P/c1-4-7-8-9-10-11-12-13-14-15-16-19(20-17-21(23)28-22(20)24)18-29(25,26-5-2)27-6-3/h17-18,22,24H,4-16H2,1-3H3/b19-18+. The first-order valence-electron chi connectivity index (χ1n) is 11.2. The Morgan fingerprint density at radius 2 is 1.52 bits per heavy atom. The Hall–Kier alpha value is -0.940. The molecule has 0 bridgehead atoms. The molecule has 29 heavy (non-hydrogen) atoms. The molecular formula is C22H39O6P. The second kappa shape index (κ2) is 15.0. The zero-order valence-electron chi connectivity index (χ0n) is 18.4. The van der Waals surface area contributed by atoms with Gasteiger partial charge >= 0.3 is 13.6 Å². The van der Waals surface area contributed by atoms with Crippen LogP contribution in [0.15, 0.2) is 23.0 Å². The Morgan fingerprint density at radius 1 is 1.00 bits per heavy atom. The van der Waals surface area contributed by atoms with Gasteiger partial charge < -0.3 is 18.9 Å². The molecule has 0 aromatic rings. The molecule has 0 radical (unpaired) electrons. The maximum absolute atomic E-state index is 12.9. The highest BCUT2D eigenvalue weighted by Crippen LogP contribution is 2.52. The third-order valence-corrected chi connectivity index (χ3v) is 6.73. The number of rotatable bonds is 17. The van der Waals surface area contributed by atoms with Crippen molar-refractivity contribution in [3.05, 3.63) is 23.0 Å². The van der Waals surface area contributed by atoms with Crippen LogP contribution in [0.25, 0.3) is 0 Å². The zero-order valence-corrected chi connectivity index (χ0v) is 19.3. The van der Waals surface area contributed by atoms with Crippen LogP contribution in [-0.2, 0) is 23.1 Å². The van der Waals surface area contributed by atoms with Gasteiger partial charge in [-0.05, 0) is 32.3 Å². The minimum atomic E-state index is -3.43. The quantitative estimate of drug-likeness (QED) is 0.167. The molecule has 1 unspecified atom stereocenters. The molecule has 0 spiro atoms. The van der Waals surface area contributed by atoms with Crippen LogP contribution in [0.3, 0.4) is 0 Å². The number of carbonyl (C=O) groups excluding carboxylic acids is 1. The van der Waals surface area contributed by atoms with Gasteiger partial charge in [0, 0.05) is 17.5 Å². The molecule has 0 saturated heterocycles. The second-order valence-corrected chi connectivity index (χ2v) is 9.20. The molecule has 1 aliphatic heterocycles. The van der Waals surface area contributed by atoms with E-state index in [4.69, 9.17) is 13.8 Å². The van der Waals surface area contributed by atoms with Crippen LogP contribution in [0, 0.1) is 0 Å². The number of aliphatic hydroxyl groups is 1. The Balaban J connectivity index is 2.58. The molecular weight excluding hydrogens is 391 g/mol. The summed E-state index contributed by atoms with van der Waals surface area (Å²) in [4.78, 5) is 11.5. The van der Waals surface area contributed by atoms with Gasteiger partial charge in [-0.3, -0.25) is 4.57 Å². The summed E-state index contributed by atoms with van der Waals surface area (Å²) >= 11 is 0. The van der Waals surface area contributed by atoms with Crippen LogP contribution >= 0.6 is 7.60 Å². The van der Waals surface area contributed by atoms with Crippen molar-refractivity contribution in [1.82, 2.24) is 0 Å². The molecule has 1 rings (SSSR count). The van der Waals surface area contributed by atoms with Gasteiger partial charge in [0.2, 0.25) is 6.29 Å². The van der Waals surface area contributed by atoms with Gasteiger partial charge in [0.25, 0.3) is 0 Å². The monoisotopic (exact) mass is 430 g/mol. The molecule has 1 heterocycles. The molecule has 6 nitrogen and oxygen atoms in total. The average Bonchev–Trinajstić information content (AvgIpc) is 3.00. The molecule has 1 N–H and O–H groups in total. The molecule has 168 valence electrons. The van der Waals surface area contributed by atoms with Crippen LogP contribution < -0.4 is 0 Å². The number of unbranched alkanes of at least 4 members (excludes halogenated alkanes) is 9. The molecule has 0 aliphatic carbocycles. The van der Waals surface area contributed by atoms with Gasteiger partial charge in [-0.25, -0.2) is 4.79 Å². The number of aliphatic hydroxyl groups excluding tert-OH is 1. The van der Waals surface area contributed by atoms with Gasteiger partial charge in [-0.15, -0.1) is 0 Å². The van der Waals surface area contributed by atoms with E-state index >= 15 is 0 Å². The predicted octanol–water partition coefficient (Wildman–Crippen LogP) is 6.25. The molecule has 0 saturated carbocycles. The van der Waals surface area contributed by atoms with Crippen LogP contribution in [0.2, 0.25) is 0 Å². The van der Waals surface area contributed by atoms with Gasteiger partial charge in [0.1, 0.15) is 0 Å². The van der Waals surface area contributed by atoms with Gasteiger partial charge in [0.15, 0.2) is 0 Å². The normalized spacial score (nSPS) is 17.5. The highest BCUT2D eigenvalue weighted by molar-refractivity contribution is 7.57. The predicted molar refractivity (Wildman–Crippen MR) is 116 cm³/mol. The molecule has 1 atom stereocenters. The lowest BCUT2D eigenvalue weighted by Crippen LogP contribution is -2.12. The summed E-state index contributed by atoms with van der Waals surface area (Å²) in [5.74, 6) is 0.856. The van der Waals surface area contributed by atoms with Crippen molar-refractivity contribution in [3.8, 4) is 0 Å². The number of cyclic esters (lactones) is 1. The topological polar surface area (TPSA) is 82.1 Å². The smallest absolute Gasteiger partial charge is 0.354 e. The zero-order chi connectivity index (χ0) is 21.5. The fourth-order valence-corrected chi connectivity index (χ4v) is 5.01. The fourth-order valence-electron chi connectivity index (χ4n) is 3.41. The average molecular weight is 431 g/mol. The van der Waals surface area contributed by atoms with E-state index in [0.717, 1.165) is 19.3 Å².